The second kappa shape index (κ2) is 6.43. The molecular weight excluding hydrogens is 288 g/mol. The molecule has 0 aliphatic carbocycles. The first-order chi connectivity index (χ1) is 9.99. The molecule has 1 aromatic heterocycles. The number of pyridine rings is 1. The van der Waals surface area contributed by atoms with Crippen molar-refractivity contribution in [3.63, 3.8) is 0 Å². The maximum Gasteiger partial charge on any atom is 0.253 e. The van der Waals surface area contributed by atoms with E-state index < -0.39 is 29.2 Å². The molecule has 2 aromatic rings. The first-order valence-corrected chi connectivity index (χ1v) is 6.12. The molecule has 7 heteroatoms. The van der Waals surface area contributed by atoms with Crippen LogP contribution in [0.15, 0.2) is 24.3 Å². The molecule has 0 atom stereocenters. The van der Waals surface area contributed by atoms with E-state index in [4.69, 9.17) is 4.74 Å². The van der Waals surface area contributed by atoms with E-state index in [0.717, 1.165) is 5.56 Å². The van der Waals surface area contributed by atoms with Crippen molar-refractivity contribution in [1.29, 1.82) is 0 Å². The summed E-state index contributed by atoms with van der Waals surface area (Å²) < 4.78 is 57.6. The zero-order chi connectivity index (χ0) is 15.4. The molecule has 112 valence electrons. The molecule has 1 aromatic carbocycles. The third kappa shape index (κ3) is 3.62. The quantitative estimate of drug-likeness (QED) is 0.522. The van der Waals surface area contributed by atoms with Gasteiger partial charge in [-0.05, 0) is 19.1 Å². The second-order valence-corrected chi connectivity index (χ2v) is 4.28. The predicted molar refractivity (Wildman–Crippen MR) is 69.2 cm³/mol. The lowest BCUT2D eigenvalue weighted by molar-refractivity contribution is 0.331. The van der Waals surface area contributed by atoms with Crippen LogP contribution in [0.2, 0.25) is 0 Å². The molecule has 0 spiro atoms. The van der Waals surface area contributed by atoms with Crippen LogP contribution in [0.5, 0.6) is 5.75 Å². The fraction of sp³-hybridized carbons (Fsp3) is 0.214. The van der Waals surface area contributed by atoms with Gasteiger partial charge in [-0.25, -0.2) is 0 Å². The van der Waals surface area contributed by atoms with E-state index in [1.165, 1.54) is 0 Å². The molecule has 3 nitrogen and oxygen atoms in total. The van der Waals surface area contributed by atoms with Crippen LogP contribution in [0.1, 0.15) is 5.56 Å². The number of benzene rings is 1. The number of aryl methyl sites for hydroxylation is 1. The Balaban J connectivity index is 1.93. The highest BCUT2D eigenvalue weighted by Gasteiger charge is 2.20. The molecule has 0 amide bonds. The molecule has 1 N–H and O–H groups in total. The number of hydrogen-bond donors (Lipinski definition) is 1. The summed E-state index contributed by atoms with van der Waals surface area (Å²) in [6.45, 7) is 1.95. The van der Waals surface area contributed by atoms with Crippen LogP contribution >= 0.6 is 0 Å². The van der Waals surface area contributed by atoms with Crippen LogP contribution < -0.4 is 10.1 Å². The van der Waals surface area contributed by atoms with Gasteiger partial charge in [-0.15, -0.1) is 0 Å². The number of nitrogens with one attached hydrogen (secondary N) is 1. The second-order valence-electron chi connectivity index (χ2n) is 4.28. The van der Waals surface area contributed by atoms with Crippen molar-refractivity contribution in [3.05, 3.63) is 53.4 Å². The SMILES string of the molecule is Cc1ccc(OCCNc2c(F)c(F)nc(F)c2F)cc1. The average molecular weight is 300 g/mol. The zero-order valence-corrected chi connectivity index (χ0v) is 11.1. The number of rotatable bonds is 5. The minimum Gasteiger partial charge on any atom is -0.492 e. The van der Waals surface area contributed by atoms with Gasteiger partial charge < -0.3 is 10.1 Å². The smallest absolute Gasteiger partial charge is 0.253 e. The summed E-state index contributed by atoms with van der Waals surface area (Å²) in [5.41, 5.74) is 0.167. The van der Waals surface area contributed by atoms with E-state index in [2.05, 4.69) is 10.3 Å². The number of ether oxygens (including phenoxy) is 1. The van der Waals surface area contributed by atoms with Crippen molar-refractivity contribution in [2.24, 2.45) is 0 Å². The number of hydrogen-bond acceptors (Lipinski definition) is 3. The number of anilines is 1. The minimum absolute atomic E-state index is 0.0371. The van der Waals surface area contributed by atoms with Crippen LogP contribution in [-0.4, -0.2) is 18.1 Å². The fourth-order valence-corrected chi connectivity index (χ4v) is 1.62. The molecule has 21 heavy (non-hydrogen) atoms. The monoisotopic (exact) mass is 300 g/mol. The van der Waals surface area contributed by atoms with Gasteiger partial charge in [-0.3, -0.25) is 0 Å². The Morgan fingerprint density at radius 3 is 2.14 bits per heavy atom. The van der Waals surface area contributed by atoms with Crippen LogP contribution in [0, 0.1) is 30.5 Å². The minimum atomic E-state index is -1.70. The fourth-order valence-electron chi connectivity index (χ4n) is 1.62. The predicted octanol–water partition coefficient (Wildman–Crippen LogP) is 3.44. The van der Waals surface area contributed by atoms with E-state index >= 15 is 0 Å². The van der Waals surface area contributed by atoms with E-state index in [0.29, 0.717) is 5.75 Å². The van der Waals surface area contributed by atoms with Gasteiger partial charge in [0, 0.05) is 6.54 Å². The standard InChI is InChI=1S/C14H12F4N2O/c1-8-2-4-9(5-3-8)21-7-6-19-12-10(15)13(17)20-14(18)11(12)16/h2-5H,6-7H2,1H3,(H,19,20). The average Bonchev–Trinajstić information content (AvgIpc) is 2.46. The third-order valence-corrected chi connectivity index (χ3v) is 2.69. The van der Waals surface area contributed by atoms with E-state index in [9.17, 15) is 17.6 Å². The molecule has 0 saturated carbocycles. The van der Waals surface area contributed by atoms with E-state index in [1.54, 1.807) is 12.1 Å². The summed E-state index contributed by atoms with van der Waals surface area (Å²) in [5, 5.41) is 2.25. The highest BCUT2D eigenvalue weighted by molar-refractivity contribution is 5.45. The van der Waals surface area contributed by atoms with Gasteiger partial charge in [0.1, 0.15) is 18.0 Å². The van der Waals surface area contributed by atoms with E-state index in [-0.39, 0.29) is 13.2 Å². The Hall–Kier alpha value is -2.31. The van der Waals surface area contributed by atoms with Crippen molar-refractivity contribution < 1.29 is 22.3 Å². The molecule has 0 aliphatic heterocycles. The molecule has 0 bridgehead atoms. The first-order valence-electron chi connectivity index (χ1n) is 6.12. The molecule has 0 aliphatic rings. The Morgan fingerprint density at radius 2 is 1.57 bits per heavy atom. The van der Waals surface area contributed by atoms with Crippen molar-refractivity contribution in [3.8, 4) is 5.75 Å². The maximum atomic E-state index is 13.3. The van der Waals surface area contributed by atoms with Gasteiger partial charge in [0.05, 0.1) is 0 Å². The maximum absolute atomic E-state index is 13.3. The largest absolute Gasteiger partial charge is 0.492 e. The summed E-state index contributed by atoms with van der Waals surface area (Å²) in [7, 11) is 0. The lowest BCUT2D eigenvalue weighted by atomic mass is 10.2. The lowest BCUT2D eigenvalue weighted by Gasteiger charge is -2.10. The van der Waals surface area contributed by atoms with Crippen molar-refractivity contribution in [1.82, 2.24) is 4.98 Å². The van der Waals surface area contributed by atoms with Crippen molar-refractivity contribution in [2.75, 3.05) is 18.5 Å². The Morgan fingerprint density at radius 1 is 1.00 bits per heavy atom. The van der Waals surface area contributed by atoms with Gasteiger partial charge in [0.25, 0.3) is 11.9 Å². The third-order valence-electron chi connectivity index (χ3n) is 2.69. The summed E-state index contributed by atoms with van der Waals surface area (Å²) in [5.74, 6) is -5.95. The van der Waals surface area contributed by atoms with E-state index in [1.807, 2.05) is 19.1 Å². The number of halogens is 4. The summed E-state index contributed by atoms with van der Waals surface area (Å²) in [6.07, 6.45) is 0. The van der Waals surface area contributed by atoms with Gasteiger partial charge in [-0.1, -0.05) is 17.7 Å². The Labute approximate surface area is 118 Å². The first kappa shape index (κ1) is 15.1. The molecule has 2 rings (SSSR count). The zero-order valence-electron chi connectivity index (χ0n) is 11.1. The Kier molecular flexibility index (Phi) is 4.62. The molecule has 0 unspecified atom stereocenters. The highest BCUT2D eigenvalue weighted by atomic mass is 19.2. The molecule has 1 heterocycles. The summed E-state index contributed by atoms with van der Waals surface area (Å²) >= 11 is 0. The van der Waals surface area contributed by atoms with Crippen LogP contribution in [0.4, 0.5) is 23.2 Å². The summed E-state index contributed by atoms with van der Waals surface area (Å²) in [4.78, 5) is 2.46. The van der Waals surface area contributed by atoms with Crippen LogP contribution in [-0.2, 0) is 0 Å². The number of nitrogens with zero attached hydrogens (tertiary/aromatic N) is 1. The van der Waals surface area contributed by atoms with Crippen molar-refractivity contribution in [2.45, 2.75) is 6.92 Å². The van der Waals surface area contributed by atoms with Gasteiger partial charge in [0.15, 0.2) is 0 Å². The molecule has 0 saturated heterocycles. The van der Waals surface area contributed by atoms with Gasteiger partial charge >= 0.3 is 0 Å². The highest BCUT2D eigenvalue weighted by Crippen LogP contribution is 2.21. The lowest BCUT2D eigenvalue weighted by Crippen LogP contribution is -2.15. The molecule has 0 radical (unpaired) electrons. The number of aromatic nitrogens is 1. The van der Waals surface area contributed by atoms with Gasteiger partial charge in [0.2, 0.25) is 11.6 Å². The summed E-state index contributed by atoms with van der Waals surface area (Å²) in [6, 6.07) is 7.16. The van der Waals surface area contributed by atoms with Crippen LogP contribution in [0.3, 0.4) is 0 Å². The van der Waals surface area contributed by atoms with Gasteiger partial charge in [-0.2, -0.15) is 22.5 Å². The Bertz CT molecular complexity index is 606. The molecule has 0 fully saturated rings. The van der Waals surface area contributed by atoms with Crippen molar-refractivity contribution >= 4 is 5.69 Å². The molecular formula is C14H12F4N2O. The van der Waals surface area contributed by atoms with Crippen LogP contribution in [0.25, 0.3) is 0 Å². The topological polar surface area (TPSA) is 34.1 Å². The normalized spacial score (nSPS) is 10.5.